The van der Waals surface area contributed by atoms with Crippen LogP contribution >= 0.6 is 66.1 Å². The van der Waals surface area contributed by atoms with Crippen molar-refractivity contribution in [3.63, 3.8) is 0 Å². The van der Waals surface area contributed by atoms with Gasteiger partial charge in [0.05, 0.1) is 19.5 Å². The Hall–Kier alpha value is -1.23. The highest BCUT2D eigenvalue weighted by Crippen LogP contribution is 2.36. The van der Waals surface area contributed by atoms with Gasteiger partial charge in [-0.3, -0.25) is 4.79 Å². The monoisotopic (exact) mass is 637 g/mol. The molecule has 9 heteroatoms. The van der Waals surface area contributed by atoms with E-state index in [2.05, 4.69) is 59.4 Å². The van der Waals surface area contributed by atoms with Crippen LogP contribution in [0.25, 0.3) is 6.08 Å². The number of rotatable bonds is 4. The number of ether oxygens (including phenoxy) is 2. The molecule has 0 aromatic heterocycles. The molecule has 0 amide bonds. The largest absolute Gasteiger partial charge is 0.424 e. The van der Waals surface area contributed by atoms with Gasteiger partial charge in [0.15, 0.2) is 11.4 Å². The van der Waals surface area contributed by atoms with E-state index in [1.807, 2.05) is 6.07 Å². The quantitative estimate of drug-likeness (QED) is 0.175. The van der Waals surface area contributed by atoms with Crippen LogP contribution in [0.1, 0.15) is 24.5 Å². The fraction of sp³-hybridized carbons (Fsp3) is 0.105. The molecule has 5 nitrogen and oxygen atoms in total. The topological polar surface area (TPSA) is 65.0 Å². The Balaban J connectivity index is 1.95. The van der Waals surface area contributed by atoms with E-state index in [-0.39, 0.29) is 24.0 Å². The van der Waals surface area contributed by atoms with Gasteiger partial charge < -0.3 is 9.47 Å². The molecule has 0 N–H and O–H groups in total. The van der Waals surface area contributed by atoms with E-state index in [4.69, 9.17) is 21.1 Å². The van der Waals surface area contributed by atoms with Crippen molar-refractivity contribution in [1.82, 2.24) is 0 Å². The number of halogens is 4. The Labute approximate surface area is 196 Å². The first-order chi connectivity index (χ1) is 13.3. The Morgan fingerprint density at radius 2 is 1.96 bits per heavy atom. The van der Waals surface area contributed by atoms with Crippen LogP contribution in [-0.4, -0.2) is 17.8 Å². The van der Waals surface area contributed by atoms with Gasteiger partial charge in [-0.2, -0.15) is 0 Å². The van der Waals surface area contributed by atoms with Gasteiger partial charge in [-0.1, -0.05) is 18.5 Å². The zero-order valence-electron chi connectivity index (χ0n) is 14.3. The number of cyclic esters (lactones) is 1. The molecule has 0 atom stereocenters. The fourth-order valence-corrected chi connectivity index (χ4v) is 4.36. The lowest BCUT2D eigenvalue weighted by Gasteiger charge is -2.09. The molecule has 0 fully saturated rings. The normalized spacial score (nSPS) is 14.8. The van der Waals surface area contributed by atoms with Crippen molar-refractivity contribution in [2.45, 2.75) is 13.3 Å². The first kappa shape index (κ1) is 21.5. The third kappa shape index (κ3) is 4.84. The summed E-state index contributed by atoms with van der Waals surface area (Å²) in [6, 6.07) is 8.80. The highest BCUT2D eigenvalue weighted by Gasteiger charge is 2.26. The van der Waals surface area contributed by atoms with Crippen molar-refractivity contribution in [2.24, 2.45) is 4.99 Å². The van der Waals surface area contributed by atoms with Crippen LogP contribution in [0.4, 0.5) is 0 Å². The lowest BCUT2D eigenvalue weighted by Crippen LogP contribution is -2.07. The molecular formula is C19H11Br2ClINO4. The Morgan fingerprint density at radius 3 is 2.61 bits per heavy atom. The molecule has 0 unspecified atom stereocenters. The van der Waals surface area contributed by atoms with Gasteiger partial charge >= 0.3 is 11.9 Å². The van der Waals surface area contributed by atoms with E-state index in [0.717, 1.165) is 3.57 Å². The summed E-state index contributed by atoms with van der Waals surface area (Å²) in [7, 11) is 0. The number of hydrogen-bond donors (Lipinski definition) is 0. The second-order valence-electron chi connectivity index (χ2n) is 5.60. The van der Waals surface area contributed by atoms with Crippen LogP contribution in [0.15, 0.2) is 50.0 Å². The summed E-state index contributed by atoms with van der Waals surface area (Å²) in [5.74, 6) is -0.390. The predicted molar refractivity (Wildman–Crippen MR) is 123 cm³/mol. The lowest BCUT2D eigenvalue weighted by atomic mass is 10.2. The smallest absolute Gasteiger partial charge is 0.363 e. The summed E-state index contributed by atoms with van der Waals surface area (Å²) in [5.41, 5.74) is 1.36. The molecule has 28 heavy (non-hydrogen) atoms. The maximum atomic E-state index is 12.2. The van der Waals surface area contributed by atoms with E-state index in [9.17, 15) is 9.59 Å². The molecule has 0 saturated heterocycles. The van der Waals surface area contributed by atoms with Crippen LogP contribution in [0, 0.1) is 3.57 Å². The third-order valence-corrected chi connectivity index (χ3v) is 5.79. The summed E-state index contributed by atoms with van der Waals surface area (Å²) in [6.07, 6.45) is 1.84. The van der Waals surface area contributed by atoms with Crippen molar-refractivity contribution in [1.29, 1.82) is 0 Å². The van der Waals surface area contributed by atoms with Crippen molar-refractivity contribution in [3.8, 4) is 5.75 Å². The Bertz CT molecular complexity index is 1030. The zero-order valence-corrected chi connectivity index (χ0v) is 20.3. The standard InChI is InChI=1S/C19H11Br2ClINO4/c1-2-16(25)27-17-12(20)5-9(6-13(17)21)7-15-19(26)28-18(24-15)11-8-10(23)3-4-14(11)22/h3-8H,2H2,1H3/b15-7+. The summed E-state index contributed by atoms with van der Waals surface area (Å²) in [6.45, 7) is 1.71. The number of aliphatic imine (C=N–C) groups is 1. The van der Waals surface area contributed by atoms with E-state index in [1.165, 1.54) is 0 Å². The molecule has 0 aliphatic carbocycles. The molecule has 0 radical (unpaired) electrons. The lowest BCUT2D eigenvalue weighted by molar-refractivity contribution is -0.134. The van der Waals surface area contributed by atoms with E-state index < -0.39 is 5.97 Å². The number of benzene rings is 2. The molecule has 1 heterocycles. The van der Waals surface area contributed by atoms with Crippen molar-refractivity contribution < 1.29 is 19.1 Å². The van der Waals surface area contributed by atoms with Crippen LogP contribution in [0.3, 0.4) is 0 Å². The molecule has 0 spiro atoms. The van der Waals surface area contributed by atoms with Crippen molar-refractivity contribution >= 4 is 90.0 Å². The second kappa shape index (κ2) is 9.06. The average Bonchev–Trinajstić information content (AvgIpc) is 3.00. The first-order valence-corrected chi connectivity index (χ1v) is 11.0. The maximum Gasteiger partial charge on any atom is 0.363 e. The molecule has 0 bridgehead atoms. The van der Waals surface area contributed by atoms with Crippen LogP contribution < -0.4 is 4.74 Å². The van der Waals surface area contributed by atoms with Gasteiger partial charge in [0.1, 0.15) is 0 Å². The molecule has 144 valence electrons. The SMILES string of the molecule is CCC(=O)Oc1c(Br)cc(/C=C2/N=C(c3cc(I)ccc3Cl)OC2=O)cc1Br. The molecule has 0 saturated carbocycles. The Kier molecular flexibility index (Phi) is 6.95. The van der Waals surface area contributed by atoms with E-state index in [0.29, 0.717) is 30.8 Å². The van der Waals surface area contributed by atoms with E-state index in [1.54, 1.807) is 37.3 Å². The number of hydrogen-bond acceptors (Lipinski definition) is 5. The first-order valence-electron chi connectivity index (χ1n) is 7.96. The molecule has 3 rings (SSSR count). The maximum absolute atomic E-state index is 12.2. The highest BCUT2D eigenvalue weighted by molar-refractivity contribution is 14.1. The number of nitrogens with zero attached hydrogens (tertiary/aromatic N) is 1. The summed E-state index contributed by atoms with van der Waals surface area (Å²) < 4.78 is 12.6. The van der Waals surface area contributed by atoms with Crippen molar-refractivity contribution in [2.75, 3.05) is 0 Å². The van der Waals surface area contributed by atoms with Crippen LogP contribution in [0.2, 0.25) is 5.02 Å². The van der Waals surface area contributed by atoms with Gasteiger partial charge in [0, 0.05) is 9.99 Å². The predicted octanol–water partition coefficient (Wildman–Crippen LogP) is 6.13. The van der Waals surface area contributed by atoms with Crippen LogP contribution in [0.5, 0.6) is 5.75 Å². The van der Waals surface area contributed by atoms with Crippen LogP contribution in [-0.2, 0) is 14.3 Å². The second-order valence-corrected chi connectivity index (χ2v) is 8.96. The fourth-order valence-electron chi connectivity index (χ4n) is 2.29. The minimum atomic E-state index is -0.571. The van der Waals surface area contributed by atoms with E-state index >= 15 is 0 Å². The molecule has 2 aromatic rings. The number of carbonyl (C=O) groups is 2. The summed E-state index contributed by atoms with van der Waals surface area (Å²) in [5, 5.41) is 0.445. The summed E-state index contributed by atoms with van der Waals surface area (Å²) >= 11 is 15.1. The highest BCUT2D eigenvalue weighted by atomic mass is 127. The molecular weight excluding hydrogens is 628 g/mol. The number of esters is 2. The Morgan fingerprint density at radius 1 is 1.29 bits per heavy atom. The average molecular weight is 639 g/mol. The zero-order chi connectivity index (χ0) is 20.4. The summed E-state index contributed by atoms with van der Waals surface area (Å²) in [4.78, 5) is 28.1. The number of carbonyl (C=O) groups excluding carboxylic acids is 2. The minimum absolute atomic E-state index is 0.141. The van der Waals surface area contributed by atoms with Crippen molar-refractivity contribution in [3.05, 3.63) is 64.7 Å². The van der Waals surface area contributed by atoms with Gasteiger partial charge in [0.2, 0.25) is 5.90 Å². The van der Waals surface area contributed by atoms with Gasteiger partial charge in [0.25, 0.3) is 0 Å². The van der Waals surface area contributed by atoms with Gasteiger partial charge in [-0.25, -0.2) is 9.79 Å². The third-order valence-electron chi connectivity index (χ3n) is 3.61. The van der Waals surface area contributed by atoms with Gasteiger partial charge in [-0.15, -0.1) is 0 Å². The molecule has 1 aliphatic rings. The minimum Gasteiger partial charge on any atom is -0.424 e. The molecule has 1 aliphatic heterocycles. The molecule has 2 aromatic carbocycles. The van der Waals surface area contributed by atoms with Gasteiger partial charge in [-0.05, 0) is 96.4 Å².